The topological polar surface area (TPSA) is 127 Å². The predicted octanol–water partition coefficient (Wildman–Crippen LogP) is 28.8. The van der Waals surface area contributed by atoms with Gasteiger partial charge in [0.1, 0.15) is 5.65 Å². The van der Waals surface area contributed by atoms with E-state index in [-0.39, 0.29) is 12.8 Å². The second-order valence-electron chi connectivity index (χ2n) is 36.8. The molecule has 1 aliphatic rings. The van der Waals surface area contributed by atoms with Crippen LogP contribution in [0.4, 0.5) is 0 Å². The maximum absolute atomic E-state index is 5.01. The highest BCUT2D eigenvalue weighted by Gasteiger charge is 2.15. The predicted molar refractivity (Wildman–Crippen MR) is 463 cm³/mol. The first-order valence-corrected chi connectivity index (χ1v) is 37.3. The molecule has 13 heteroatoms. The summed E-state index contributed by atoms with van der Waals surface area (Å²) in [6.45, 7) is 75.4. The lowest BCUT2D eigenvalue weighted by atomic mass is 9.95. The molecule has 0 atom stereocenters. The van der Waals surface area contributed by atoms with E-state index in [1.807, 2.05) is 178 Å². The summed E-state index contributed by atoms with van der Waals surface area (Å²) in [5.74, 6) is 0. The standard InChI is InChI=1S/C8H12S.2C7H6N2.C7H5NO.C7H11NS.C6H6.C5H5N.7C5H12.C4H5N.C3H4N2.CH4/c1-8(2,3)7-5-4-6-9-7;1-2-6-9-7(3-1)4-5-8-9;1-2-5-9-6-4-8-7(9)3-1;1-2-6-3-5-9-7(6)8-4-1;1-7(2,3)6-8-4-5-9-6;2*1-2-4-6-5-3-1;7*1-5(2,3)4;1-2-4-5-3-1;1-2-5-3-4-1;/h4-6H,1-3H3;2*1-6H;1-5H;4-5H,1-3H3;1-6H;1-5H;7*1-4H3;1-3H,4H2;1-3H,(H,4,5);1H4. The number of thiazole rings is 1. The van der Waals surface area contributed by atoms with Crippen molar-refractivity contribution in [3.8, 4) is 0 Å². The minimum absolute atomic E-state index is 0. The fourth-order valence-electron chi connectivity index (χ4n) is 5.05. The van der Waals surface area contributed by atoms with Gasteiger partial charge in [-0.1, -0.05) is 310 Å². The first-order valence-electron chi connectivity index (χ1n) is 35.5. The molecule has 0 saturated heterocycles. The fraction of sp³-hybridized carbons (Fsp3) is 0.500. The quantitative estimate of drug-likeness (QED) is 0.160. The third-order valence-corrected chi connectivity index (χ3v) is 10.8. The normalized spacial score (nSPS) is 11.0. The van der Waals surface area contributed by atoms with E-state index < -0.39 is 0 Å². The molecule has 0 aliphatic carbocycles. The average Bonchev–Trinajstić information content (AvgIpc) is 1.78. The fourth-order valence-corrected chi connectivity index (χ4v) is 6.59. The van der Waals surface area contributed by atoms with Crippen LogP contribution in [0.15, 0.2) is 240 Å². The molecule has 1 aliphatic heterocycles. The first kappa shape index (κ1) is 104. The Labute approximate surface area is 639 Å². The highest BCUT2D eigenvalue weighted by Crippen LogP contribution is 2.26. The van der Waals surface area contributed by atoms with Gasteiger partial charge in [-0.05, 0) is 122 Å². The summed E-state index contributed by atoms with van der Waals surface area (Å²) in [7, 11) is 0. The second kappa shape index (κ2) is 55.9. The number of aromatic nitrogens is 9. The van der Waals surface area contributed by atoms with Crippen LogP contribution in [0.1, 0.15) is 253 Å². The van der Waals surface area contributed by atoms with Gasteiger partial charge in [-0.3, -0.25) is 9.98 Å². The van der Waals surface area contributed by atoms with Crippen molar-refractivity contribution in [1.29, 1.82) is 0 Å². The Morgan fingerprint density at radius 3 is 1.20 bits per heavy atom. The van der Waals surface area contributed by atoms with Gasteiger partial charge in [0.2, 0.25) is 5.71 Å². The number of rotatable bonds is 0. The molecule has 1 aromatic carbocycles. The average molecular weight is 1450 g/mol. The Balaban J connectivity index is -0.000000334. The van der Waals surface area contributed by atoms with Crippen molar-refractivity contribution in [2.45, 2.75) is 254 Å². The number of allylic oxidation sites excluding steroid dienone is 1. The number of thiophene rings is 1. The van der Waals surface area contributed by atoms with Crippen molar-refractivity contribution < 1.29 is 4.42 Å². The van der Waals surface area contributed by atoms with Crippen LogP contribution in [0.3, 0.4) is 0 Å². The van der Waals surface area contributed by atoms with Gasteiger partial charge in [0.05, 0.1) is 29.7 Å². The molecular weight excluding hydrogens is 1300 g/mol. The van der Waals surface area contributed by atoms with Crippen LogP contribution in [0.25, 0.3) is 22.3 Å². The van der Waals surface area contributed by atoms with Crippen molar-refractivity contribution in [2.75, 3.05) is 6.54 Å². The molecular formula is C90H148N10OS2. The molecule has 0 bridgehead atoms. The number of nitrogens with one attached hydrogen (secondary N) is 1. The molecule has 0 radical (unpaired) electrons. The number of nitrogens with zero attached hydrogens (tertiary/aromatic N) is 9. The van der Waals surface area contributed by atoms with E-state index >= 15 is 0 Å². The van der Waals surface area contributed by atoms with Crippen LogP contribution in [0.5, 0.6) is 0 Å². The molecule has 11 heterocycles. The molecule has 0 fully saturated rings. The number of pyridine rings is 4. The lowest BCUT2D eigenvalue weighted by Crippen LogP contribution is -2.09. The van der Waals surface area contributed by atoms with Crippen LogP contribution < -0.4 is 0 Å². The van der Waals surface area contributed by atoms with E-state index in [4.69, 9.17) is 4.42 Å². The SMILES string of the molecule is C.C1=CCN=C1.CC(C)(C)C.CC(C)(C)C.CC(C)(C)C.CC(C)(C)C.CC(C)(C)C.CC(C)(C)C.CC(C)(C)C.CC(C)(C)c1cccs1.CC(C)(C)c1nccs1.c1c[nH]cn1.c1ccccc1.c1ccn2ccnc2c1.c1ccn2nccc2c1.c1ccncc1.c1cnc2occc2c1. The monoisotopic (exact) mass is 1450 g/mol. The van der Waals surface area contributed by atoms with Gasteiger partial charge in [0.25, 0.3) is 0 Å². The third-order valence-electron chi connectivity index (χ3n) is 8.35. The minimum Gasteiger partial charge on any atom is -0.446 e. The van der Waals surface area contributed by atoms with Crippen molar-refractivity contribution in [3.05, 3.63) is 241 Å². The number of hydrogen-bond donors (Lipinski definition) is 1. The number of H-pyrrole nitrogens is 1. The molecule has 0 spiro atoms. The summed E-state index contributed by atoms with van der Waals surface area (Å²) >= 11 is 3.55. The molecule has 576 valence electrons. The smallest absolute Gasteiger partial charge is 0.225 e. The van der Waals surface area contributed by atoms with Crippen molar-refractivity contribution in [2.24, 2.45) is 42.9 Å². The zero-order chi connectivity index (χ0) is 79.2. The van der Waals surface area contributed by atoms with E-state index in [0.717, 1.165) is 23.1 Å². The Hall–Kier alpha value is -7.61. The molecule has 0 unspecified atom stereocenters. The minimum atomic E-state index is 0. The van der Waals surface area contributed by atoms with Gasteiger partial charge in [-0.15, -0.1) is 22.7 Å². The molecule has 0 amide bonds. The van der Waals surface area contributed by atoms with Crippen LogP contribution in [-0.4, -0.2) is 56.7 Å². The molecule has 11 aromatic rings. The van der Waals surface area contributed by atoms with Gasteiger partial charge >= 0.3 is 0 Å². The van der Waals surface area contributed by atoms with Crippen molar-refractivity contribution in [3.63, 3.8) is 0 Å². The number of furan rings is 1. The summed E-state index contributed by atoms with van der Waals surface area (Å²) in [4.78, 5) is 27.8. The number of aliphatic imine (C=N–C) groups is 1. The summed E-state index contributed by atoms with van der Waals surface area (Å²) in [6, 6.07) is 41.6. The highest BCUT2D eigenvalue weighted by molar-refractivity contribution is 7.10. The Kier molecular flexibility index (Phi) is 56.4. The van der Waals surface area contributed by atoms with Gasteiger partial charge in [-0.2, -0.15) is 5.10 Å². The largest absolute Gasteiger partial charge is 0.446 e. The number of benzene rings is 1. The highest BCUT2D eigenvalue weighted by atomic mass is 32.1. The van der Waals surface area contributed by atoms with Crippen LogP contribution in [-0.2, 0) is 10.8 Å². The van der Waals surface area contributed by atoms with Crippen molar-refractivity contribution in [1.82, 2.24) is 43.9 Å². The van der Waals surface area contributed by atoms with Gasteiger partial charge in [0, 0.05) is 95.4 Å². The maximum Gasteiger partial charge on any atom is 0.225 e. The molecule has 10 aromatic heterocycles. The number of hydrogen-bond acceptors (Lipinski definition) is 10. The number of imidazole rings is 2. The van der Waals surface area contributed by atoms with E-state index in [9.17, 15) is 0 Å². The van der Waals surface area contributed by atoms with Crippen LogP contribution >= 0.6 is 22.7 Å². The second-order valence-corrected chi connectivity index (χ2v) is 38.7. The lowest BCUT2D eigenvalue weighted by Gasteiger charge is -2.14. The zero-order valence-corrected chi connectivity index (χ0v) is 72.1. The van der Waals surface area contributed by atoms with Gasteiger partial charge < -0.3 is 13.8 Å². The Morgan fingerprint density at radius 1 is 0.398 bits per heavy atom. The maximum atomic E-state index is 5.01. The summed E-state index contributed by atoms with van der Waals surface area (Å²) < 4.78 is 8.81. The summed E-state index contributed by atoms with van der Waals surface area (Å²) in [6.07, 6.45) is 29.0. The third kappa shape index (κ3) is 96.5. The lowest BCUT2D eigenvalue weighted by molar-refractivity contribution is 0.469. The Morgan fingerprint density at radius 2 is 0.893 bits per heavy atom. The van der Waals surface area contributed by atoms with E-state index in [1.54, 1.807) is 73.5 Å². The van der Waals surface area contributed by atoms with Gasteiger partial charge in [-0.25, -0.2) is 24.5 Å². The van der Waals surface area contributed by atoms with Gasteiger partial charge in [0.15, 0.2) is 0 Å². The summed E-state index contributed by atoms with van der Waals surface area (Å²) in [5.41, 5.74) is 6.91. The van der Waals surface area contributed by atoms with Crippen LogP contribution in [0.2, 0.25) is 0 Å². The first-order chi connectivity index (χ1) is 46.6. The molecule has 1 N–H and O–H groups in total. The van der Waals surface area contributed by atoms with Crippen molar-refractivity contribution >= 4 is 51.2 Å². The molecule has 11 nitrogen and oxygen atoms in total. The number of aromatic amines is 1. The molecule has 103 heavy (non-hydrogen) atoms. The molecule has 0 saturated carbocycles. The zero-order valence-electron chi connectivity index (χ0n) is 70.5. The van der Waals surface area contributed by atoms with E-state index in [0.29, 0.717) is 49.0 Å². The Bertz CT molecular complexity index is 3010. The molecule has 12 rings (SSSR count). The van der Waals surface area contributed by atoms with E-state index in [1.165, 1.54) is 9.88 Å². The number of fused-ring (bicyclic) bond motifs is 3. The van der Waals surface area contributed by atoms with Crippen LogP contribution in [0, 0.1) is 37.9 Å². The van der Waals surface area contributed by atoms with E-state index in [2.05, 4.69) is 293 Å². The summed E-state index contributed by atoms with van der Waals surface area (Å²) in [5, 5.41) is 10.4.